The van der Waals surface area contributed by atoms with E-state index in [1.54, 1.807) is 43.3 Å². The first-order valence-electron chi connectivity index (χ1n) is 9.04. The normalized spacial score (nSPS) is 11.2. The molecule has 0 aliphatic heterocycles. The van der Waals surface area contributed by atoms with Gasteiger partial charge >= 0.3 is 0 Å². The van der Waals surface area contributed by atoms with E-state index < -0.39 is 15.9 Å². The molecule has 3 aromatic carbocycles. The van der Waals surface area contributed by atoms with Gasteiger partial charge in [-0.3, -0.25) is 9.52 Å². The molecule has 0 aliphatic carbocycles. The van der Waals surface area contributed by atoms with Crippen LogP contribution >= 0.6 is 23.2 Å². The SMILES string of the molecule is Cc1ccc(NS(=O)(=O)c2cc(C(=O)Nc3c(Cl)cccc3Cl)ccc2C)c(C)c1. The molecule has 1 amide bonds. The van der Waals surface area contributed by atoms with Gasteiger partial charge in [0.1, 0.15) is 0 Å². The van der Waals surface area contributed by atoms with Crippen LogP contribution in [0, 0.1) is 20.8 Å². The Balaban J connectivity index is 1.93. The summed E-state index contributed by atoms with van der Waals surface area (Å²) in [4.78, 5) is 12.7. The van der Waals surface area contributed by atoms with Crippen molar-refractivity contribution in [3.63, 3.8) is 0 Å². The second-order valence-corrected chi connectivity index (χ2v) is 9.42. The van der Waals surface area contributed by atoms with Crippen molar-refractivity contribution in [1.82, 2.24) is 0 Å². The average Bonchev–Trinajstić information content (AvgIpc) is 2.67. The number of anilines is 2. The number of nitrogens with one attached hydrogen (secondary N) is 2. The van der Waals surface area contributed by atoms with E-state index in [-0.39, 0.29) is 26.2 Å². The Morgan fingerprint density at radius 1 is 0.867 bits per heavy atom. The molecule has 0 aromatic heterocycles. The molecule has 3 rings (SSSR count). The molecule has 0 saturated heterocycles. The van der Waals surface area contributed by atoms with Crippen LogP contribution in [0.15, 0.2) is 59.5 Å². The van der Waals surface area contributed by atoms with Crippen molar-refractivity contribution >= 4 is 50.5 Å². The molecule has 0 bridgehead atoms. The second kappa shape index (κ2) is 8.68. The van der Waals surface area contributed by atoms with Crippen molar-refractivity contribution < 1.29 is 13.2 Å². The second-order valence-electron chi connectivity index (χ2n) is 6.95. The highest BCUT2D eigenvalue weighted by Crippen LogP contribution is 2.30. The minimum absolute atomic E-state index is 0.0142. The number of aryl methyl sites for hydroxylation is 3. The summed E-state index contributed by atoms with van der Waals surface area (Å²) in [5.41, 5.74) is 3.26. The average molecular weight is 463 g/mol. The Kier molecular flexibility index (Phi) is 6.41. The highest BCUT2D eigenvalue weighted by atomic mass is 35.5. The number of carbonyl (C=O) groups excluding carboxylic acids is 1. The minimum Gasteiger partial charge on any atom is -0.319 e. The zero-order chi connectivity index (χ0) is 22.1. The molecule has 0 aliphatic rings. The zero-order valence-corrected chi connectivity index (χ0v) is 18.9. The first kappa shape index (κ1) is 22.2. The molecule has 0 atom stereocenters. The molecule has 0 heterocycles. The molecule has 0 unspecified atom stereocenters. The number of hydrogen-bond acceptors (Lipinski definition) is 3. The lowest BCUT2D eigenvalue weighted by atomic mass is 10.1. The molecular formula is C22H20Cl2N2O3S. The highest BCUT2D eigenvalue weighted by molar-refractivity contribution is 7.92. The van der Waals surface area contributed by atoms with E-state index in [0.717, 1.165) is 11.1 Å². The van der Waals surface area contributed by atoms with Crippen LogP contribution < -0.4 is 10.0 Å². The summed E-state index contributed by atoms with van der Waals surface area (Å²) in [5, 5.41) is 3.21. The molecule has 156 valence electrons. The van der Waals surface area contributed by atoms with Crippen LogP contribution in [0.25, 0.3) is 0 Å². The fourth-order valence-electron chi connectivity index (χ4n) is 2.96. The molecule has 2 N–H and O–H groups in total. The van der Waals surface area contributed by atoms with Crippen molar-refractivity contribution in [2.45, 2.75) is 25.7 Å². The molecule has 30 heavy (non-hydrogen) atoms. The molecule has 0 radical (unpaired) electrons. The van der Waals surface area contributed by atoms with Crippen LogP contribution in [-0.4, -0.2) is 14.3 Å². The summed E-state index contributed by atoms with van der Waals surface area (Å²) >= 11 is 12.2. The summed E-state index contributed by atoms with van der Waals surface area (Å²) < 4.78 is 28.6. The number of para-hydroxylation sites is 1. The Morgan fingerprint density at radius 2 is 1.53 bits per heavy atom. The summed E-state index contributed by atoms with van der Waals surface area (Å²) in [5.74, 6) is -0.520. The number of rotatable bonds is 5. The quantitative estimate of drug-likeness (QED) is 0.490. The fraction of sp³-hybridized carbons (Fsp3) is 0.136. The van der Waals surface area contributed by atoms with E-state index in [1.165, 1.54) is 6.07 Å². The van der Waals surface area contributed by atoms with Gasteiger partial charge in [0.15, 0.2) is 0 Å². The van der Waals surface area contributed by atoms with E-state index in [4.69, 9.17) is 23.2 Å². The van der Waals surface area contributed by atoms with Gasteiger partial charge in [0.05, 0.1) is 26.3 Å². The maximum absolute atomic E-state index is 13.0. The topological polar surface area (TPSA) is 75.3 Å². The molecule has 8 heteroatoms. The maximum Gasteiger partial charge on any atom is 0.262 e. The third kappa shape index (κ3) is 4.78. The van der Waals surface area contributed by atoms with E-state index >= 15 is 0 Å². The van der Waals surface area contributed by atoms with Crippen molar-refractivity contribution in [1.29, 1.82) is 0 Å². The highest BCUT2D eigenvalue weighted by Gasteiger charge is 2.21. The van der Waals surface area contributed by atoms with Crippen LogP contribution in [0.2, 0.25) is 10.0 Å². The lowest BCUT2D eigenvalue weighted by molar-refractivity contribution is 0.102. The number of carbonyl (C=O) groups is 1. The van der Waals surface area contributed by atoms with Crippen LogP contribution in [0.1, 0.15) is 27.0 Å². The van der Waals surface area contributed by atoms with E-state index in [1.807, 2.05) is 26.0 Å². The van der Waals surface area contributed by atoms with Crippen molar-refractivity contribution in [2.75, 3.05) is 10.0 Å². The van der Waals surface area contributed by atoms with Gasteiger partial charge < -0.3 is 5.32 Å². The molecule has 5 nitrogen and oxygen atoms in total. The van der Waals surface area contributed by atoms with Crippen molar-refractivity contribution in [3.05, 3.63) is 86.9 Å². The predicted molar refractivity (Wildman–Crippen MR) is 122 cm³/mol. The van der Waals surface area contributed by atoms with Crippen molar-refractivity contribution in [3.8, 4) is 0 Å². The summed E-state index contributed by atoms with van der Waals surface area (Å²) in [6.45, 7) is 5.43. The van der Waals surface area contributed by atoms with E-state index in [9.17, 15) is 13.2 Å². The van der Waals surface area contributed by atoms with E-state index in [0.29, 0.717) is 11.3 Å². The zero-order valence-electron chi connectivity index (χ0n) is 16.6. The van der Waals surface area contributed by atoms with Gasteiger partial charge in [-0.05, 0) is 62.2 Å². The number of amides is 1. The van der Waals surface area contributed by atoms with Gasteiger partial charge in [0.25, 0.3) is 15.9 Å². The summed E-state index contributed by atoms with van der Waals surface area (Å²) in [6, 6.07) is 14.8. The monoisotopic (exact) mass is 462 g/mol. The standard InChI is InChI=1S/C22H20Cl2N2O3S/c1-13-7-10-19(15(3)11-13)26-30(28,29)20-12-16(9-8-14(20)2)22(27)25-21-17(23)5-4-6-18(21)24/h4-12,26H,1-3H3,(H,25,27). The van der Waals surface area contributed by atoms with E-state index in [2.05, 4.69) is 10.0 Å². The van der Waals surface area contributed by atoms with Gasteiger partial charge in [-0.15, -0.1) is 0 Å². The lowest BCUT2D eigenvalue weighted by Crippen LogP contribution is -2.18. The van der Waals surface area contributed by atoms with Gasteiger partial charge in [0, 0.05) is 5.56 Å². The van der Waals surface area contributed by atoms with Crippen LogP contribution in [0.3, 0.4) is 0 Å². The Morgan fingerprint density at radius 3 is 2.17 bits per heavy atom. The number of hydrogen-bond donors (Lipinski definition) is 2. The van der Waals surface area contributed by atoms with Crippen LogP contribution in [0.4, 0.5) is 11.4 Å². The van der Waals surface area contributed by atoms with Crippen LogP contribution in [-0.2, 0) is 10.0 Å². The third-order valence-corrected chi connectivity index (χ3v) is 6.70. The fourth-order valence-corrected chi connectivity index (χ4v) is 4.86. The molecule has 0 fully saturated rings. The maximum atomic E-state index is 13.0. The first-order chi connectivity index (χ1) is 14.1. The Labute approximate surface area is 186 Å². The number of sulfonamides is 1. The summed E-state index contributed by atoms with van der Waals surface area (Å²) in [6.07, 6.45) is 0. The Bertz CT molecular complexity index is 1220. The molecule has 3 aromatic rings. The number of halogens is 2. The lowest BCUT2D eigenvalue weighted by Gasteiger charge is -2.14. The van der Waals surface area contributed by atoms with Gasteiger partial charge in [-0.2, -0.15) is 0 Å². The molecule has 0 saturated carbocycles. The Hall–Kier alpha value is -2.54. The molecular weight excluding hydrogens is 443 g/mol. The van der Waals surface area contributed by atoms with Crippen LogP contribution in [0.5, 0.6) is 0 Å². The predicted octanol–water partition coefficient (Wildman–Crippen LogP) is 5.97. The number of benzene rings is 3. The van der Waals surface area contributed by atoms with Crippen molar-refractivity contribution in [2.24, 2.45) is 0 Å². The minimum atomic E-state index is -3.91. The first-order valence-corrected chi connectivity index (χ1v) is 11.3. The van der Waals surface area contributed by atoms with Gasteiger partial charge in [-0.1, -0.05) is 53.0 Å². The largest absolute Gasteiger partial charge is 0.319 e. The third-order valence-electron chi connectivity index (χ3n) is 4.57. The molecule has 0 spiro atoms. The van der Waals surface area contributed by atoms with Gasteiger partial charge in [-0.25, -0.2) is 8.42 Å². The smallest absolute Gasteiger partial charge is 0.262 e. The summed E-state index contributed by atoms with van der Waals surface area (Å²) in [7, 11) is -3.91. The van der Waals surface area contributed by atoms with Gasteiger partial charge in [0.2, 0.25) is 0 Å².